The topological polar surface area (TPSA) is 89.7 Å². The van der Waals surface area contributed by atoms with E-state index in [1.54, 1.807) is 7.11 Å². The Kier molecular flexibility index (Phi) is 8.28. The van der Waals surface area contributed by atoms with Crippen LogP contribution >= 0.6 is 0 Å². The van der Waals surface area contributed by atoms with Gasteiger partial charge in [-0.1, -0.05) is 30.3 Å². The van der Waals surface area contributed by atoms with E-state index in [9.17, 15) is 9.90 Å². The van der Waals surface area contributed by atoms with E-state index >= 15 is 0 Å². The Labute approximate surface area is 217 Å². The second kappa shape index (κ2) is 11.6. The zero-order chi connectivity index (χ0) is 26.4. The lowest BCUT2D eigenvalue weighted by atomic mass is 10.1. The number of fused-ring (bicyclic) bond motifs is 3. The number of hydrogen-bond donors (Lipinski definition) is 1. The maximum Gasteiger partial charge on any atom is 0.407 e. The highest BCUT2D eigenvalue weighted by Gasteiger charge is 2.25. The van der Waals surface area contributed by atoms with Crippen molar-refractivity contribution in [1.29, 1.82) is 0 Å². The van der Waals surface area contributed by atoms with Gasteiger partial charge in [0.15, 0.2) is 0 Å². The van der Waals surface area contributed by atoms with Gasteiger partial charge in [0, 0.05) is 43.6 Å². The minimum Gasteiger partial charge on any atom is -0.489 e. The molecule has 0 aliphatic heterocycles. The van der Waals surface area contributed by atoms with E-state index in [2.05, 4.69) is 15.6 Å². The molecular weight excluding hydrogens is 468 g/mol. The van der Waals surface area contributed by atoms with Gasteiger partial charge in [0.1, 0.15) is 23.7 Å². The normalized spacial score (nSPS) is 11.8. The van der Waals surface area contributed by atoms with Gasteiger partial charge in [0.2, 0.25) is 0 Å². The average molecular weight is 505 g/mol. The van der Waals surface area contributed by atoms with Crippen LogP contribution in [0.3, 0.4) is 0 Å². The smallest absolute Gasteiger partial charge is 0.407 e. The predicted octanol–water partition coefficient (Wildman–Crippen LogP) is 5.91. The molecule has 2 aromatic heterocycles. The molecule has 37 heavy (non-hydrogen) atoms. The van der Waals surface area contributed by atoms with E-state index in [-0.39, 0.29) is 0 Å². The Bertz CT molecular complexity index is 1350. The SMILES string of the molecule is COCCc1nc2cnc3cc(OCc4ccccc4)ccc3c2n1CCCCN(C(=O)O)C(C)(C)C. The first-order chi connectivity index (χ1) is 17.8. The number of unbranched alkanes of at least 4 members (excludes halogenated alkanes) is 1. The van der Waals surface area contributed by atoms with Gasteiger partial charge in [0.25, 0.3) is 0 Å². The van der Waals surface area contributed by atoms with Crippen molar-refractivity contribution < 1.29 is 19.4 Å². The Hall–Kier alpha value is -3.65. The molecule has 8 nitrogen and oxygen atoms in total. The number of carbonyl (C=O) groups is 1. The summed E-state index contributed by atoms with van der Waals surface area (Å²) in [5.74, 6) is 1.71. The predicted molar refractivity (Wildman–Crippen MR) is 145 cm³/mol. The third-order valence-corrected chi connectivity index (χ3v) is 6.46. The molecule has 0 radical (unpaired) electrons. The second-order valence-corrected chi connectivity index (χ2v) is 10.2. The number of rotatable bonds is 11. The van der Waals surface area contributed by atoms with Gasteiger partial charge in [0.05, 0.1) is 23.8 Å². The Morgan fingerprint density at radius 1 is 1.08 bits per heavy atom. The molecule has 4 rings (SSSR count). The summed E-state index contributed by atoms with van der Waals surface area (Å²) in [5, 5.41) is 10.6. The number of hydrogen-bond acceptors (Lipinski definition) is 5. The van der Waals surface area contributed by atoms with Gasteiger partial charge in [-0.25, -0.2) is 9.78 Å². The Morgan fingerprint density at radius 3 is 2.57 bits per heavy atom. The molecule has 2 aromatic carbocycles. The van der Waals surface area contributed by atoms with E-state index in [1.165, 1.54) is 4.90 Å². The number of amides is 1. The minimum atomic E-state index is -0.885. The van der Waals surface area contributed by atoms with Crippen LogP contribution in [-0.2, 0) is 24.3 Å². The van der Waals surface area contributed by atoms with Crippen molar-refractivity contribution in [1.82, 2.24) is 19.4 Å². The van der Waals surface area contributed by atoms with E-state index in [0.29, 0.717) is 26.2 Å². The number of nitrogens with zero attached hydrogens (tertiary/aromatic N) is 4. The zero-order valence-corrected chi connectivity index (χ0v) is 22.1. The molecule has 0 unspecified atom stereocenters. The van der Waals surface area contributed by atoms with E-state index in [4.69, 9.17) is 14.5 Å². The fourth-order valence-electron chi connectivity index (χ4n) is 4.56. The van der Waals surface area contributed by atoms with Crippen LogP contribution in [0.4, 0.5) is 4.79 Å². The lowest BCUT2D eigenvalue weighted by Crippen LogP contribution is -2.45. The van der Waals surface area contributed by atoms with Crippen LogP contribution in [0, 0.1) is 0 Å². The summed E-state index contributed by atoms with van der Waals surface area (Å²) in [7, 11) is 1.69. The number of methoxy groups -OCH3 is 1. The van der Waals surface area contributed by atoms with E-state index in [0.717, 1.165) is 58.5 Å². The van der Waals surface area contributed by atoms with Crippen LogP contribution < -0.4 is 4.74 Å². The van der Waals surface area contributed by atoms with Crippen molar-refractivity contribution in [2.45, 2.75) is 58.7 Å². The summed E-state index contributed by atoms with van der Waals surface area (Å²) < 4.78 is 13.6. The second-order valence-electron chi connectivity index (χ2n) is 10.2. The number of ether oxygens (including phenoxy) is 2. The highest BCUT2D eigenvalue weighted by Crippen LogP contribution is 2.29. The summed E-state index contributed by atoms with van der Waals surface area (Å²) in [6, 6.07) is 16.1. The highest BCUT2D eigenvalue weighted by atomic mass is 16.5. The van der Waals surface area contributed by atoms with Gasteiger partial charge in [-0.15, -0.1) is 0 Å². The number of aryl methyl sites for hydroxylation is 1. The van der Waals surface area contributed by atoms with Gasteiger partial charge >= 0.3 is 6.09 Å². The van der Waals surface area contributed by atoms with Crippen molar-refractivity contribution >= 4 is 28.0 Å². The fraction of sp³-hybridized carbons (Fsp3) is 0.414. The Balaban J connectivity index is 1.58. The maximum absolute atomic E-state index is 11.7. The molecule has 0 aliphatic carbocycles. The van der Waals surface area contributed by atoms with Crippen LogP contribution in [0.1, 0.15) is 45.0 Å². The average Bonchev–Trinajstić information content (AvgIpc) is 3.23. The van der Waals surface area contributed by atoms with Crippen LogP contribution in [0.2, 0.25) is 0 Å². The summed E-state index contributed by atoms with van der Waals surface area (Å²) in [6.07, 6.45) is 3.20. The summed E-state index contributed by atoms with van der Waals surface area (Å²) in [4.78, 5) is 22.7. The van der Waals surface area contributed by atoms with Crippen LogP contribution in [0.25, 0.3) is 21.9 Å². The molecule has 1 N–H and O–H groups in total. The molecule has 4 aromatic rings. The minimum absolute atomic E-state index is 0.431. The van der Waals surface area contributed by atoms with Gasteiger partial charge in [-0.2, -0.15) is 0 Å². The highest BCUT2D eigenvalue weighted by molar-refractivity contribution is 6.02. The van der Waals surface area contributed by atoms with Crippen LogP contribution in [0.5, 0.6) is 5.75 Å². The van der Waals surface area contributed by atoms with E-state index < -0.39 is 11.6 Å². The summed E-state index contributed by atoms with van der Waals surface area (Å²) >= 11 is 0. The van der Waals surface area contributed by atoms with Crippen molar-refractivity contribution in [3.63, 3.8) is 0 Å². The third-order valence-electron chi connectivity index (χ3n) is 6.46. The third kappa shape index (κ3) is 6.38. The van der Waals surface area contributed by atoms with Gasteiger partial charge in [-0.3, -0.25) is 4.98 Å². The largest absolute Gasteiger partial charge is 0.489 e. The number of carboxylic acid groups (broad SMARTS) is 1. The van der Waals surface area contributed by atoms with Gasteiger partial charge in [-0.05, 0) is 51.3 Å². The van der Waals surface area contributed by atoms with Crippen molar-refractivity contribution in [3.05, 3.63) is 66.1 Å². The molecule has 0 atom stereocenters. The molecule has 0 saturated heterocycles. The van der Waals surface area contributed by atoms with Gasteiger partial charge < -0.3 is 24.0 Å². The molecule has 2 heterocycles. The monoisotopic (exact) mass is 504 g/mol. The lowest BCUT2D eigenvalue weighted by Gasteiger charge is -2.33. The molecule has 0 bridgehead atoms. The van der Waals surface area contributed by atoms with Crippen molar-refractivity contribution in [3.8, 4) is 5.75 Å². The van der Waals surface area contributed by atoms with E-state index in [1.807, 2.05) is 69.4 Å². The number of aromatic nitrogens is 3. The first-order valence-electron chi connectivity index (χ1n) is 12.7. The molecule has 0 fully saturated rings. The Morgan fingerprint density at radius 2 is 1.86 bits per heavy atom. The number of imidazole rings is 1. The molecule has 0 aliphatic rings. The van der Waals surface area contributed by atoms with Crippen molar-refractivity contribution in [2.24, 2.45) is 0 Å². The quantitative estimate of drug-likeness (QED) is 0.255. The molecule has 0 saturated carbocycles. The molecular formula is C29H36N4O4. The first-order valence-corrected chi connectivity index (χ1v) is 12.7. The first kappa shape index (κ1) is 26.4. The molecule has 1 amide bonds. The number of pyridine rings is 1. The maximum atomic E-state index is 11.7. The molecule has 196 valence electrons. The molecule has 0 spiro atoms. The molecule has 8 heteroatoms. The van der Waals surface area contributed by atoms with Crippen LogP contribution in [-0.4, -0.2) is 56.4 Å². The summed E-state index contributed by atoms with van der Waals surface area (Å²) in [6.45, 7) is 8.05. The lowest BCUT2D eigenvalue weighted by molar-refractivity contribution is 0.0988. The summed E-state index contributed by atoms with van der Waals surface area (Å²) in [5.41, 5.74) is 3.41. The van der Waals surface area contributed by atoms with Crippen molar-refractivity contribution in [2.75, 3.05) is 20.3 Å². The number of benzene rings is 2. The zero-order valence-electron chi connectivity index (χ0n) is 22.1. The standard InChI is InChI=1S/C29H36N4O4/c1-29(2,3)33(28(34)35)16-9-8-15-32-26(14-17-36-4)31-25-19-30-24-18-22(12-13-23(24)27(25)32)37-20-21-10-6-5-7-11-21/h5-7,10-13,18-19H,8-9,14-17,20H2,1-4H3,(H,34,35). The fourth-order valence-corrected chi connectivity index (χ4v) is 4.56. The van der Waals surface area contributed by atoms with Crippen LogP contribution in [0.15, 0.2) is 54.7 Å².